The average molecular weight is 380 g/mol. The highest BCUT2D eigenvalue weighted by atomic mass is 35.5. The van der Waals surface area contributed by atoms with Gasteiger partial charge >= 0.3 is 0 Å². The Morgan fingerprint density at radius 1 is 0.889 bits per heavy atom. The first-order valence-electron chi connectivity index (χ1n) is 8.36. The monoisotopic (exact) mass is 379 g/mol. The molecule has 6 heteroatoms. The van der Waals surface area contributed by atoms with E-state index in [0.29, 0.717) is 28.1 Å². The summed E-state index contributed by atoms with van der Waals surface area (Å²) in [5.41, 5.74) is 2.19. The third-order valence-corrected chi connectivity index (χ3v) is 4.39. The standard InChI is InChI=1S/C21H15ClFN3O/c22-18-12-5-4-11-17(18)20-25-26-21(27-20)19(14-7-2-1-3-8-14)24-16-10-6-9-15(23)13-16/h1-13,19,24H/t19-/m0/s1. The Hall–Kier alpha value is -3.18. The van der Waals surface area contributed by atoms with Crippen molar-refractivity contribution in [3.8, 4) is 11.5 Å². The summed E-state index contributed by atoms with van der Waals surface area (Å²) < 4.78 is 19.5. The number of hydrogen-bond acceptors (Lipinski definition) is 4. The molecule has 134 valence electrons. The Balaban J connectivity index is 1.72. The summed E-state index contributed by atoms with van der Waals surface area (Å²) in [6, 6.07) is 22.7. The topological polar surface area (TPSA) is 51.0 Å². The van der Waals surface area contributed by atoms with Gasteiger partial charge in [-0.2, -0.15) is 0 Å². The zero-order chi connectivity index (χ0) is 18.6. The van der Waals surface area contributed by atoms with E-state index in [2.05, 4.69) is 15.5 Å². The zero-order valence-electron chi connectivity index (χ0n) is 14.1. The Bertz CT molecular complexity index is 1050. The third-order valence-electron chi connectivity index (χ3n) is 4.06. The van der Waals surface area contributed by atoms with Crippen molar-refractivity contribution in [3.63, 3.8) is 0 Å². The lowest BCUT2D eigenvalue weighted by Gasteiger charge is -2.17. The molecule has 1 aromatic heterocycles. The molecule has 1 heterocycles. The molecule has 4 rings (SSSR count). The van der Waals surface area contributed by atoms with Crippen molar-refractivity contribution in [2.75, 3.05) is 5.32 Å². The molecule has 4 aromatic rings. The molecule has 0 fully saturated rings. The molecule has 4 nitrogen and oxygen atoms in total. The van der Waals surface area contributed by atoms with E-state index in [9.17, 15) is 4.39 Å². The van der Waals surface area contributed by atoms with Crippen LogP contribution < -0.4 is 5.32 Å². The lowest BCUT2D eigenvalue weighted by Crippen LogP contribution is -2.13. The molecule has 0 amide bonds. The molecule has 27 heavy (non-hydrogen) atoms. The van der Waals surface area contributed by atoms with Crippen LogP contribution >= 0.6 is 11.6 Å². The molecular formula is C21H15ClFN3O. The summed E-state index contributed by atoms with van der Waals surface area (Å²) in [7, 11) is 0. The Morgan fingerprint density at radius 2 is 1.67 bits per heavy atom. The van der Waals surface area contributed by atoms with Gasteiger partial charge in [0.1, 0.15) is 11.9 Å². The Labute approximate surface area is 160 Å². The number of anilines is 1. The van der Waals surface area contributed by atoms with Crippen LogP contribution in [0.3, 0.4) is 0 Å². The third kappa shape index (κ3) is 3.83. The van der Waals surface area contributed by atoms with Crippen LogP contribution in [0.4, 0.5) is 10.1 Å². The number of benzene rings is 3. The van der Waals surface area contributed by atoms with Crippen LogP contribution in [0.2, 0.25) is 5.02 Å². The number of nitrogens with zero attached hydrogens (tertiary/aromatic N) is 2. The van der Waals surface area contributed by atoms with Crippen LogP contribution in [0.1, 0.15) is 17.5 Å². The summed E-state index contributed by atoms with van der Waals surface area (Å²) in [6.07, 6.45) is 0. The molecule has 0 aliphatic carbocycles. The molecule has 0 saturated carbocycles. The van der Waals surface area contributed by atoms with E-state index >= 15 is 0 Å². The van der Waals surface area contributed by atoms with Gasteiger partial charge < -0.3 is 9.73 Å². The Kier molecular flexibility index (Phi) is 4.85. The van der Waals surface area contributed by atoms with Gasteiger partial charge in [0.05, 0.1) is 10.6 Å². The van der Waals surface area contributed by atoms with E-state index in [-0.39, 0.29) is 5.82 Å². The van der Waals surface area contributed by atoms with E-state index in [1.165, 1.54) is 12.1 Å². The van der Waals surface area contributed by atoms with Gasteiger partial charge in [0.15, 0.2) is 0 Å². The molecule has 1 atom stereocenters. The molecule has 0 aliphatic heterocycles. The smallest absolute Gasteiger partial charge is 0.249 e. The number of nitrogens with one attached hydrogen (secondary N) is 1. The van der Waals surface area contributed by atoms with Gasteiger partial charge in [0, 0.05) is 5.69 Å². The van der Waals surface area contributed by atoms with Crippen molar-refractivity contribution < 1.29 is 8.81 Å². The van der Waals surface area contributed by atoms with E-state index < -0.39 is 6.04 Å². The van der Waals surface area contributed by atoms with Gasteiger partial charge in [-0.1, -0.05) is 60.1 Å². The second-order valence-corrected chi connectivity index (χ2v) is 6.33. The lowest BCUT2D eigenvalue weighted by molar-refractivity contribution is 0.494. The van der Waals surface area contributed by atoms with Crippen LogP contribution in [0.5, 0.6) is 0 Å². The zero-order valence-corrected chi connectivity index (χ0v) is 14.9. The SMILES string of the molecule is Fc1cccc(N[C@@H](c2ccccc2)c2nnc(-c3ccccc3Cl)o2)c1. The van der Waals surface area contributed by atoms with Gasteiger partial charge in [-0.25, -0.2) is 4.39 Å². The molecule has 3 aromatic carbocycles. The van der Waals surface area contributed by atoms with Crippen molar-refractivity contribution in [1.29, 1.82) is 0 Å². The van der Waals surface area contributed by atoms with Crippen molar-refractivity contribution in [1.82, 2.24) is 10.2 Å². The van der Waals surface area contributed by atoms with Crippen LogP contribution in [-0.2, 0) is 0 Å². The van der Waals surface area contributed by atoms with Crippen LogP contribution in [0, 0.1) is 5.82 Å². The van der Waals surface area contributed by atoms with Gasteiger partial charge in [-0.3, -0.25) is 0 Å². The molecule has 0 bridgehead atoms. The highest BCUT2D eigenvalue weighted by molar-refractivity contribution is 6.33. The normalized spacial score (nSPS) is 11.9. The minimum absolute atomic E-state index is 0.325. The second-order valence-electron chi connectivity index (χ2n) is 5.92. The fourth-order valence-electron chi connectivity index (χ4n) is 2.77. The number of hydrogen-bond donors (Lipinski definition) is 1. The van der Waals surface area contributed by atoms with Gasteiger partial charge in [-0.05, 0) is 35.9 Å². The molecular weight excluding hydrogens is 365 g/mol. The summed E-state index contributed by atoms with van der Waals surface area (Å²) >= 11 is 6.23. The summed E-state index contributed by atoms with van der Waals surface area (Å²) in [5.74, 6) is 0.368. The number of halogens is 2. The van der Waals surface area contributed by atoms with Crippen molar-refractivity contribution in [3.05, 3.63) is 101 Å². The maximum atomic E-state index is 13.6. The minimum atomic E-state index is -0.434. The fraction of sp³-hybridized carbons (Fsp3) is 0.0476. The second kappa shape index (κ2) is 7.60. The molecule has 0 unspecified atom stereocenters. The highest BCUT2D eigenvalue weighted by Gasteiger charge is 2.22. The van der Waals surface area contributed by atoms with E-state index in [1.807, 2.05) is 48.5 Å². The molecule has 0 aliphatic rings. The average Bonchev–Trinajstić information content (AvgIpc) is 3.17. The first-order chi connectivity index (χ1) is 13.2. The minimum Gasteiger partial charge on any atom is -0.418 e. The lowest BCUT2D eigenvalue weighted by atomic mass is 10.1. The molecule has 1 N–H and O–H groups in total. The van der Waals surface area contributed by atoms with Crippen LogP contribution in [0.15, 0.2) is 83.3 Å². The fourth-order valence-corrected chi connectivity index (χ4v) is 2.99. The maximum Gasteiger partial charge on any atom is 0.249 e. The quantitative estimate of drug-likeness (QED) is 0.481. The number of rotatable bonds is 5. The predicted molar refractivity (Wildman–Crippen MR) is 103 cm³/mol. The molecule has 0 spiro atoms. The van der Waals surface area contributed by atoms with Crippen LogP contribution in [-0.4, -0.2) is 10.2 Å². The van der Waals surface area contributed by atoms with Gasteiger partial charge in [0.25, 0.3) is 0 Å². The van der Waals surface area contributed by atoms with Gasteiger partial charge in [-0.15, -0.1) is 10.2 Å². The summed E-state index contributed by atoms with van der Waals surface area (Å²) in [4.78, 5) is 0. The van der Waals surface area contributed by atoms with E-state index in [4.69, 9.17) is 16.0 Å². The largest absolute Gasteiger partial charge is 0.418 e. The van der Waals surface area contributed by atoms with Crippen molar-refractivity contribution in [2.24, 2.45) is 0 Å². The first kappa shape index (κ1) is 17.2. The Morgan fingerprint density at radius 3 is 2.44 bits per heavy atom. The van der Waals surface area contributed by atoms with Gasteiger partial charge in [0.2, 0.25) is 11.8 Å². The van der Waals surface area contributed by atoms with Crippen molar-refractivity contribution in [2.45, 2.75) is 6.04 Å². The summed E-state index contributed by atoms with van der Waals surface area (Å²) in [6.45, 7) is 0. The number of aromatic nitrogens is 2. The van der Waals surface area contributed by atoms with E-state index in [0.717, 1.165) is 5.56 Å². The first-order valence-corrected chi connectivity index (χ1v) is 8.74. The molecule has 0 radical (unpaired) electrons. The highest BCUT2D eigenvalue weighted by Crippen LogP contribution is 2.31. The summed E-state index contributed by atoms with van der Waals surface area (Å²) in [5, 5.41) is 12.1. The van der Waals surface area contributed by atoms with E-state index in [1.54, 1.807) is 18.2 Å². The predicted octanol–water partition coefficient (Wildman–Crippen LogP) is 5.73. The van der Waals surface area contributed by atoms with Crippen molar-refractivity contribution >= 4 is 17.3 Å². The maximum absolute atomic E-state index is 13.6. The van der Waals surface area contributed by atoms with Crippen LogP contribution in [0.25, 0.3) is 11.5 Å². The molecule has 0 saturated heterocycles.